The van der Waals surface area contributed by atoms with E-state index in [9.17, 15) is 0 Å². The maximum atomic E-state index is 6.27. The lowest BCUT2D eigenvalue weighted by Crippen LogP contribution is -2.53. The second kappa shape index (κ2) is 3.46. The van der Waals surface area contributed by atoms with Gasteiger partial charge in [-0.15, -0.1) is 0 Å². The van der Waals surface area contributed by atoms with Crippen LogP contribution in [0, 0.1) is 17.8 Å². The van der Waals surface area contributed by atoms with Gasteiger partial charge in [-0.3, -0.25) is 0 Å². The average Bonchev–Trinajstić information content (AvgIpc) is 2.14. The highest BCUT2D eigenvalue weighted by atomic mass is 16.5. The van der Waals surface area contributed by atoms with E-state index in [0.717, 1.165) is 18.3 Å². The Morgan fingerprint density at radius 3 is 2.81 bits per heavy atom. The van der Waals surface area contributed by atoms with Crippen molar-refractivity contribution in [1.82, 2.24) is 0 Å². The van der Waals surface area contributed by atoms with Crippen LogP contribution < -0.4 is 0 Å². The van der Waals surface area contributed by atoms with Crippen molar-refractivity contribution in [2.75, 3.05) is 0 Å². The van der Waals surface area contributed by atoms with Crippen molar-refractivity contribution in [2.45, 2.75) is 52.7 Å². The van der Waals surface area contributed by atoms with E-state index < -0.39 is 0 Å². The fraction of sp³-hybridized carbons (Fsp3) is 0.733. The van der Waals surface area contributed by atoms with Gasteiger partial charge in [-0.2, -0.15) is 0 Å². The van der Waals surface area contributed by atoms with Crippen LogP contribution in [-0.2, 0) is 4.74 Å². The Kier molecular flexibility index (Phi) is 2.29. The molecule has 1 heteroatoms. The lowest BCUT2D eigenvalue weighted by molar-refractivity contribution is -0.137. The van der Waals surface area contributed by atoms with Crippen molar-refractivity contribution < 1.29 is 4.74 Å². The second-order valence-corrected chi connectivity index (χ2v) is 6.15. The highest BCUT2D eigenvalue weighted by Gasteiger charge is 2.50. The Balaban J connectivity index is 2.09. The standard InChI is InChI=1S/C15H22O/c1-8(2)14-11-5-9(3)6-12-15(11)10(4)7-13(14)16-12/h5,10-13,15H,6-7H2,1-4H3/t10-,11+,12+,13+,15+/m1/s1. The van der Waals surface area contributed by atoms with E-state index in [1.807, 2.05) is 0 Å². The predicted molar refractivity (Wildman–Crippen MR) is 66.2 cm³/mol. The van der Waals surface area contributed by atoms with Gasteiger partial charge < -0.3 is 4.74 Å². The maximum Gasteiger partial charge on any atom is 0.0800 e. The summed E-state index contributed by atoms with van der Waals surface area (Å²) in [5, 5.41) is 0. The molecule has 0 N–H and O–H groups in total. The first kappa shape index (κ1) is 10.6. The number of hydrogen-bond donors (Lipinski definition) is 0. The first-order valence-corrected chi connectivity index (χ1v) is 6.58. The minimum absolute atomic E-state index is 0.421. The van der Waals surface area contributed by atoms with Gasteiger partial charge >= 0.3 is 0 Å². The SMILES string of the molecule is CC1=C[C@H]2C(=C(C)C)[C@@H]3C[C@@H](C)[C@@H]2[C@H](C1)O3. The summed E-state index contributed by atoms with van der Waals surface area (Å²) in [6.45, 7) is 9.17. The zero-order chi connectivity index (χ0) is 11.4. The van der Waals surface area contributed by atoms with Crippen LogP contribution in [0.3, 0.4) is 0 Å². The lowest BCUT2D eigenvalue weighted by atomic mass is 9.60. The van der Waals surface area contributed by atoms with E-state index in [1.54, 1.807) is 5.57 Å². The van der Waals surface area contributed by atoms with Gasteiger partial charge in [0, 0.05) is 5.92 Å². The zero-order valence-corrected chi connectivity index (χ0v) is 10.8. The number of hydrogen-bond acceptors (Lipinski definition) is 1. The fourth-order valence-corrected chi connectivity index (χ4v) is 4.16. The molecule has 2 aliphatic heterocycles. The molecule has 0 radical (unpaired) electrons. The second-order valence-electron chi connectivity index (χ2n) is 6.15. The molecule has 4 bridgehead atoms. The van der Waals surface area contributed by atoms with Gasteiger partial charge in [0.25, 0.3) is 0 Å². The van der Waals surface area contributed by atoms with E-state index in [-0.39, 0.29) is 0 Å². The van der Waals surface area contributed by atoms with Crippen molar-refractivity contribution in [3.8, 4) is 0 Å². The van der Waals surface area contributed by atoms with Crippen LogP contribution in [0.15, 0.2) is 22.8 Å². The van der Waals surface area contributed by atoms with Crippen LogP contribution in [-0.4, -0.2) is 12.2 Å². The van der Waals surface area contributed by atoms with E-state index in [2.05, 4.69) is 33.8 Å². The summed E-state index contributed by atoms with van der Waals surface area (Å²) in [5.41, 5.74) is 4.60. The Morgan fingerprint density at radius 1 is 1.38 bits per heavy atom. The first-order chi connectivity index (χ1) is 7.58. The predicted octanol–water partition coefficient (Wildman–Crippen LogP) is 3.71. The molecule has 0 aromatic heterocycles. The Morgan fingerprint density at radius 2 is 2.12 bits per heavy atom. The third kappa shape index (κ3) is 1.34. The van der Waals surface area contributed by atoms with Gasteiger partial charge in [0.15, 0.2) is 0 Å². The van der Waals surface area contributed by atoms with Crippen LogP contribution >= 0.6 is 0 Å². The molecule has 4 aliphatic rings. The summed E-state index contributed by atoms with van der Waals surface area (Å²) in [6.07, 6.45) is 5.86. The van der Waals surface area contributed by atoms with Crippen molar-refractivity contribution in [3.05, 3.63) is 22.8 Å². The van der Waals surface area contributed by atoms with E-state index >= 15 is 0 Å². The number of rotatable bonds is 0. The highest BCUT2D eigenvalue weighted by molar-refractivity contribution is 5.33. The van der Waals surface area contributed by atoms with Gasteiger partial charge in [0.1, 0.15) is 0 Å². The van der Waals surface area contributed by atoms with Gasteiger partial charge in [-0.05, 0) is 51.0 Å². The minimum Gasteiger partial charge on any atom is -0.370 e. The van der Waals surface area contributed by atoms with Gasteiger partial charge in [-0.1, -0.05) is 24.1 Å². The third-order valence-corrected chi connectivity index (χ3v) is 4.70. The minimum atomic E-state index is 0.421. The van der Waals surface area contributed by atoms with Gasteiger partial charge in [-0.25, -0.2) is 0 Å². The number of fused-ring (bicyclic) bond motifs is 1. The molecule has 2 aliphatic carbocycles. The summed E-state index contributed by atoms with van der Waals surface area (Å²) in [4.78, 5) is 0. The van der Waals surface area contributed by atoms with Gasteiger partial charge in [0.05, 0.1) is 12.2 Å². The Hall–Kier alpha value is -0.560. The smallest absolute Gasteiger partial charge is 0.0800 e. The lowest BCUT2D eigenvalue weighted by Gasteiger charge is -2.54. The van der Waals surface area contributed by atoms with Crippen molar-refractivity contribution >= 4 is 0 Å². The van der Waals surface area contributed by atoms with Crippen LogP contribution in [0.1, 0.15) is 40.5 Å². The molecule has 0 spiro atoms. The van der Waals surface area contributed by atoms with E-state index in [0.29, 0.717) is 18.1 Å². The average molecular weight is 218 g/mol. The van der Waals surface area contributed by atoms with Crippen LogP contribution in [0.4, 0.5) is 0 Å². The summed E-state index contributed by atoms with van der Waals surface area (Å²) in [7, 11) is 0. The molecule has 88 valence electrons. The molecule has 0 aromatic rings. The summed E-state index contributed by atoms with van der Waals surface area (Å²) < 4.78 is 6.27. The van der Waals surface area contributed by atoms with Crippen LogP contribution in [0.5, 0.6) is 0 Å². The quantitative estimate of drug-likeness (QED) is 0.563. The zero-order valence-electron chi connectivity index (χ0n) is 10.8. The summed E-state index contributed by atoms with van der Waals surface area (Å²) >= 11 is 0. The van der Waals surface area contributed by atoms with Crippen molar-refractivity contribution in [3.63, 3.8) is 0 Å². The monoisotopic (exact) mass is 218 g/mol. The van der Waals surface area contributed by atoms with Crippen molar-refractivity contribution in [1.29, 1.82) is 0 Å². The number of allylic oxidation sites excluding steroid dienone is 2. The number of ether oxygens (including phenoxy) is 1. The first-order valence-electron chi connectivity index (χ1n) is 6.58. The Labute approximate surface area is 98.6 Å². The fourth-order valence-electron chi connectivity index (χ4n) is 4.16. The molecule has 1 nitrogen and oxygen atoms in total. The molecule has 0 unspecified atom stereocenters. The highest BCUT2D eigenvalue weighted by Crippen LogP contribution is 2.53. The molecule has 0 aromatic carbocycles. The largest absolute Gasteiger partial charge is 0.370 e. The molecule has 2 heterocycles. The van der Waals surface area contributed by atoms with E-state index in [1.165, 1.54) is 17.6 Å². The molecule has 2 saturated heterocycles. The molecule has 0 amide bonds. The molecular weight excluding hydrogens is 196 g/mol. The topological polar surface area (TPSA) is 9.23 Å². The summed E-state index contributed by atoms with van der Waals surface area (Å²) in [5.74, 6) is 2.27. The van der Waals surface area contributed by atoms with Crippen molar-refractivity contribution in [2.24, 2.45) is 17.8 Å². The van der Waals surface area contributed by atoms with Gasteiger partial charge in [0.2, 0.25) is 0 Å². The molecule has 1 saturated carbocycles. The molecule has 16 heavy (non-hydrogen) atoms. The summed E-state index contributed by atoms with van der Waals surface area (Å²) in [6, 6.07) is 0. The maximum absolute atomic E-state index is 6.27. The van der Waals surface area contributed by atoms with E-state index in [4.69, 9.17) is 4.74 Å². The molecular formula is C15H22O. The van der Waals surface area contributed by atoms with Crippen LogP contribution in [0.2, 0.25) is 0 Å². The molecule has 5 atom stereocenters. The molecule has 4 rings (SSSR count). The Bertz CT molecular complexity index is 373. The normalized spacial score (nSPS) is 45.6. The third-order valence-electron chi connectivity index (χ3n) is 4.70. The molecule has 3 fully saturated rings. The van der Waals surface area contributed by atoms with Crippen LogP contribution in [0.25, 0.3) is 0 Å².